The molecule has 0 aliphatic carbocycles. The first kappa shape index (κ1) is 21.3. The number of hydrogen-bond donors (Lipinski definition) is 0. The molecule has 0 fully saturated rings. The second kappa shape index (κ2) is 8.17. The highest BCUT2D eigenvalue weighted by Crippen LogP contribution is 2.28. The predicted octanol–water partition coefficient (Wildman–Crippen LogP) is 6.03. The van der Waals surface area contributed by atoms with Crippen molar-refractivity contribution in [2.24, 2.45) is 0 Å². The third-order valence-electron chi connectivity index (χ3n) is 4.29. The van der Waals surface area contributed by atoms with Crippen molar-refractivity contribution in [3.05, 3.63) is 63.6 Å². The van der Waals surface area contributed by atoms with Crippen molar-refractivity contribution in [3.63, 3.8) is 0 Å². The summed E-state index contributed by atoms with van der Waals surface area (Å²) in [7, 11) is 0. The molecule has 0 spiro atoms. The van der Waals surface area contributed by atoms with E-state index >= 15 is 0 Å². The first-order valence-electron chi connectivity index (χ1n) is 9.30. The van der Waals surface area contributed by atoms with E-state index in [1.807, 2.05) is 38.1 Å². The van der Waals surface area contributed by atoms with Gasteiger partial charge in [-0.3, -0.25) is 4.79 Å². The molecule has 3 rings (SSSR count). The number of aromatic nitrogens is 3. The molecule has 29 heavy (non-hydrogen) atoms. The summed E-state index contributed by atoms with van der Waals surface area (Å²) in [5.74, 6) is -0.0233. The number of hydrogen-bond acceptors (Lipinski definition) is 4. The van der Waals surface area contributed by atoms with Crippen LogP contribution >= 0.6 is 23.2 Å². The Hall–Kier alpha value is -2.37. The van der Waals surface area contributed by atoms with Gasteiger partial charge in [-0.2, -0.15) is 9.67 Å². The molecular formula is C22H23Cl2N3O2. The molecule has 0 atom stereocenters. The van der Waals surface area contributed by atoms with Crippen LogP contribution in [0.25, 0.3) is 11.4 Å². The predicted molar refractivity (Wildman–Crippen MR) is 116 cm³/mol. The van der Waals surface area contributed by atoms with Crippen LogP contribution in [-0.4, -0.2) is 26.8 Å². The smallest absolute Gasteiger partial charge is 0.336 e. The average molecular weight is 432 g/mol. The van der Waals surface area contributed by atoms with Gasteiger partial charge in [0.2, 0.25) is 0 Å². The van der Waals surface area contributed by atoms with Gasteiger partial charge in [0, 0.05) is 10.6 Å². The number of nitrogens with zero attached hydrogens (tertiary/aromatic N) is 3. The summed E-state index contributed by atoms with van der Waals surface area (Å²) in [5.41, 5.74) is 2.23. The van der Waals surface area contributed by atoms with E-state index in [-0.39, 0.29) is 28.1 Å². The standard InChI is InChI=1S/C22H23Cl2N3O2/c1-13(2)29-21-25-19(14-6-8-15(9-7-14)22(3,4)5)27(26-21)20(28)17-11-10-16(23)12-18(17)24/h6-13H,1-5H3. The Balaban J connectivity index is 2.08. The highest BCUT2D eigenvalue weighted by atomic mass is 35.5. The summed E-state index contributed by atoms with van der Waals surface area (Å²) >= 11 is 12.2. The lowest BCUT2D eigenvalue weighted by atomic mass is 9.87. The van der Waals surface area contributed by atoms with Crippen LogP contribution in [0.5, 0.6) is 6.01 Å². The van der Waals surface area contributed by atoms with Crippen LogP contribution in [0.1, 0.15) is 50.5 Å². The summed E-state index contributed by atoms with van der Waals surface area (Å²) in [5, 5.41) is 4.98. The number of carbonyl (C=O) groups is 1. The quantitative estimate of drug-likeness (QED) is 0.506. The van der Waals surface area contributed by atoms with Crippen LogP contribution in [0.4, 0.5) is 0 Å². The van der Waals surface area contributed by atoms with Crippen LogP contribution < -0.4 is 4.74 Å². The van der Waals surface area contributed by atoms with Crippen molar-refractivity contribution >= 4 is 29.1 Å². The molecule has 0 saturated heterocycles. The fraction of sp³-hybridized carbons (Fsp3) is 0.318. The topological polar surface area (TPSA) is 57.0 Å². The van der Waals surface area contributed by atoms with Gasteiger partial charge in [-0.1, -0.05) is 68.2 Å². The Morgan fingerprint density at radius 1 is 1.07 bits per heavy atom. The first-order chi connectivity index (χ1) is 13.6. The fourth-order valence-corrected chi connectivity index (χ4v) is 3.27. The van der Waals surface area contributed by atoms with Gasteiger partial charge in [0.15, 0.2) is 5.82 Å². The molecular weight excluding hydrogens is 409 g/mol. The van der Waals surface area contributed by atoms with Gasteiger partial charge in [-0.15, -0.1) is 5.10 Å². The SMILES string of the molecule is CC(C)Oc1nc(-c2ccc(C(C)(C)C)cc2)n(C(=O)c2ccc(Cl)cc2Cl)n1. The van der Waals surface area contributed by atoms with Crippen molar-refractivity contribution < 1.29 is 9.53 Å². The van der Waals surface area contributed by atoms with Crippen molar-refractivity contribution in [2.75, 3.05) is 0 Å². The molecule has 7 heteroatoms. The summed E-state index contributed by atoms with van der Waals surface area (Å²) < 4.78 is 6.84. The Bertz CT molecular complexity index is 1040. The lowest BCUT2D eigenvalue weighted by Gasteiger charge is -2.19. The average Bonchev–Trinajstić information content (AvgIpc) is 3.03. The van der Waals surface area contributed by atoms with E-state index in [1.54, 1.807) is 12.1 Å². The zero-order valence-corrected chi connectivity index (χ0v) is 18.5. The fourth-order valence-electron chi connectivity index (χ4n) is 2.78. The zero-order valence-electron chi connectivity index (χ0n) is 17.0. The van der Waals surface area contributed by atoms with Gasteiger partial charge in [-0.05, 0) is 43.0 Å². The molecule has 5 nitrogen and oxygen atoms in total. The maximum Gasteiger partial charge on any atom is 0.336 e. The minimum Gasteiger partial charge on any atom is -0.460 e. The van der Waals surface area contributed by atoms with Crippen molar-refractivity contribution in [2.45, 2.75) is 46.1 Å². The Morgan fingerprint density at radius 2 is 1.72 bits per heavy atom. The molecule has 1 heterocycles. The molecule has 0 aliphatic heterocycles. The van der Waals surface area contributed by atoms with Crippen molar-refractivity contribution in [1.82, 2.24) is 14.8 Å². The molecule has 0 aliphatic rings. The number of rotatable bonds is 4. The van der Waals surface area contributed by atoms with Crippen LogP contribution in [0.3, 0.4) is 0 Å². The van der Waals surface area contributed by atoms with Crippen LogP contribution in [0.2, 0.25) is 10.0 Å². The third-order valence-corrected chi connectivity index (χ3v) is 4.84. The normalized spacial score (nSPS) is 11.7. The van der Waals surface area contributed by atoms with E-state index in [4.69, 9.17) is 27.9 Å². The van der Waals surface area contributed by atoms with E-state index in [9.17, 15) is 4.79 Å². The van der Waals surface area contributed by atoms with E-state index in [0.29, 0.717) is 10.8 Å². The maximum absolute atomic E-state index is 13.2. The second-order valence-electron chi connectivity index (χ2n) is 8.05. The third kappa shape index (κ3) is 4.80. The number of benzene rings is 2. The van der Waals surface area contributed by atoms with Gasteiger partial charge in [0.25, 0.3) is 5.91 Å². The molecule has 2 aromatic carbocycles. The van der Waals surface area contributed by atoms with E-state index < -0.39 is 5.91 Å². The minimum atomic E-state index is -0.410. The van der Waals surface area contributed by atoms with Crippen molar-refractivity contribution in [1.29, 1.82) is 0 Å². The number of halogens is 2. The molecule has 152 valence electrons. The zero-order chi connectivity index (χ0) is 21.3. The molecule has 0 saturated carbocycles. The molecule has 0 N–H and O–H groups in total. The largest absolute Gasteiger partial charge is 0.460 e. The molecule has 1 aromatic heterocycles. The number of carbonyl (C=O) groups excluding carboxylic acids is 1. The minimum absolute atomic E-state index is 0.0186. The van der Waals surface area contributed by atoms with Gasteiger partial charge < -0.3 is 4.74 Å². The highest BCUT2D eigenvalue weighted by molar-refractivity contribution is 6.36. The molecule has 0 unspecified atom stereocenters. The van der Waals surface area contributed by atoms with Crippen molar-refractivity contribution in [3.8, 4) is 17.4 Å². The van der Waals surface area contributed by atoms with E-state index in [2.05, 4.69) is 30.9 Å². The van der Waals surface area contributed by atoms with Gasteiger partial charge in [-0.25, -0.2) is 0 Å². The van der Waals surface area contributed by atoms with Crippen LogP contribution in [0.15, 0.2) is 42.5 Å². The molecule has 3 aromatic rings. The Morgan fingerprint density at radius 3 is 2.28 bits per heavy atom. The number of ether oxygens (including phenoxy) is 1. The molecule has 0 radical (unpaired) electrons. The summed E-state index contributed by atoms with van der Waals surface area (Å²) in [4.78, 5) is 17.6. The lowest BCUT2D eigenvalue weighted by molar-refractivity contribution is 0.0943. The van der Waals surface area contributed by atoms with Gasteiger partial charge >= 0.3 is 6.01 Å². The van der Waals surface area contributed by atoms with Crippen LogP contribution in [-0.2, 0) is 5.41 Å². The molecule has 0 bridgehead atoms. The second-order valence-corrected chi connectivity index (χ2v) is 8.90. The van der Waals surface area contributed by atoms with Gasteiger partial charge in [0.1, 0.15) is 0 Å². The summed E-state index contributed by atoms with van der Waals surface area (Å²) in [6.45, 7) is 10.2. The van der Waals surface area contributed by atoms with E-state index in [0.717, 1.165) is 5.56 Å². The monoisotopic (exact) mass is 431 g/mol. The van der Waals surface area contributed by atoms with E-state index in [1.165, 1.54) is 16.3 Å². The van der Waals surface area contributed by atoms with Crippen LogP contribution in [0, 0.1) is 0 Å². The Kier molecular flexibility index (Phi) is 6.01. The molecule has 0 amide bonds. The Labute approximate surface area is 180 Å². The first-order valence-corrected chi connectivity index (χ1v) is 10.1. The highest BCUT2D eigenvalue weighted by Gasteiger charge is 2.23. The van der Waals surface area contributed by atoms with Gasteiger partial charge in [0.05, 0.1) is 16.7 Å². The maximum atomic E-state index is 13.2. The summed E-state index contributed by atoms with van der Waals surface area (Å²) in [6.07, 6.45) is -0.129. The lowest BCUT2D eigenvalue weighted by Crippen LogP contribution is -2.16. The summed E-state index contributed by atoms with van der Waals surface area (Å²) in [6, 6.07) is 12.7.